The molecule has 5 rings (SSSR count). The van der Waals surface area contributed by atoms with Crippen LogP contribution in [0.2, 0.25) is 0 Å². The second kappa shape index (κ2) is 11.6. The Morgan fingerprint density at radius 3 is 2.67 bits per heavy atom. The van der Waals surface area contributed by atoms with Crippen LogP contribution in [-0.4, -0.2) is 47.1 Å². The summed E-state index contributed by atoms with van der Waals surface area (Å²) >= 11 is 4.27. The molecule has 0 N–H and O–H groups in total. The van der Waals surface area contributed by atoms with Crippen molar-refractivity contribution in [3.63, 3.8) is 0 Å². The molecule has 0 unspecified atom stereocenters. The Balaban J connectivity index is 1.28. The lowest BCUT2D eigenvalue weighted by molar-refractivity contribution is -0.136. The van der Waals surface area contributed by atoms with Crippen LogP contribution in [0.15, 0.2) is 70.0 Å². The van der Waals surface area contributed by atoms with Gasteiger partial charge in [0.05, 0.1) is 16.5 Å². The van der Waals surface area contributed by atoms with Crippen molar-refractivity contribution in [1.29, 1.82) is 0 Å². The molecule has 0 radical (unpaired) electrons. The summed E-state index contributed by atoms with van der Waals surface area (Å²) in [6, 6.07) is 17.5. The molecule has 2 heterocycles. The van der Waals surface area contributed by atoms with Gasteiger partial charge >= 0.3 is 0 Å². The first-order chi connectivity index (χ1) is 18.8. The van der Waals surface area contributed by atoms with Gasteiger partial charge in [0.1, 0.15) is 19.0 Å². The molecule has 200 valence electrons. The largest absolute Gasteiger partial charge is 0.493 e. The van der Waals surface area contributed by atoms with E-state index >= 15 is 0 Å². The highest BCUT2D eigenvalue weighted by atomic mass is 79.9. The molecule has 3 aromatic carbocycles. The summed E-state index contributed by atoms with van der Waals surface area (Å²) in [5.74, 6) is -0.323. The number of hydrogen-bond donors (Lipinski definition) is 0. The highest BCUT2D eigenvalue weighted by molar-refractivity contribution is 9.10. The fraction of sp³-hybridized carbons (Fsp3) is 0.207. The third kappa shape index (κ3) is 6.02. The van der Waals surface area contributed by atoms with Crippen molar-refractivity contribution in [2.45, 2.75) is 19.6 Å². The molecule has 2 aliphatic heterocycles. The number of hydrogen-bond acceptors (Lipinski definition) is 6. The van der Waals surface area contributed by atoms with Crippen LogP contribution in [0.25, 0.3) is 6.08 Å². The number of ether oxygens (including phenoxy) is 2. The molecule has 0 bridgehead atoms. The summed E-state index contributed by atoms with van der Waals surface area (Å²) in [6.07, 6.45) is 2.32. The fourth-order valence-corrected chi connectivity index (χ4v) is 5.89. The van der Waals surface area contributed by atoms with Gasteiger partial charge in [-0.05, 0) is 86.7 Å². The smallest absolute Gasteiger partial charge is 0.294 e. The lowest BCUT2D eigenvalue weighted by Gasteiger charge is -2.29. The van der Waals surface area contributed by atoms with Crippen LogP contribution < -0.4 is 9.47 Å². The summed E-state index contributed by atoms with van der Waals surface area (Å²) in [5, 5.41) is -0.488. The molecule has 3 amide bonds. The summed E-state index contributed by atoms with van der Waals surface area (Å²) in [7, 11) is 1.49. The van der Waals surface area contributed by atoms with Crippen LogP contribution in [0.4, 0.5) is 9.18 Å². The van der Waals surface area contributed by atoms with Gasteiger partial charge in [-0.3, -0.25) is 19.3 Å². The van der Waals surface area contributed by atoms with Crippen LogP contribution in [0, 0.1) is 5.82 Å². The van der Waals surface area contributed by atoms with Crippen LogP contribution in [0.5, 0.6) is 11.5 Å². The number of halogens is 2. The van der Waals surface area contributed by atoms with Gasteiger partial charge in [-0.15, -0.1) is 0 Å². The van der Waals surface area contributed by atoms with Gasteiger partial charge in [-0.1, -0.05) is 36.4 Å². The number of carbonyl (C=O) groups is 3. The molecule has 0 saturated carbocycles. The van der Waals surface area contributed by atoms with E-state index in [1.807, 2.05) is 18.2 Å². The van der Waals surface area contributed by atoms with Crippen LogP contribution >= 0.6 is 27.7 Å². The van der Waals surface area contributed by atoms with Gasteiger partial charge in [0.25, 0.3) is 11.1 Å². The molecule has 1 saturated heterocycles. The van der Waals surface area contributed by atoms with Crippen molar-refractivity contribution in [2.75, 3.05) is 20.2 Å². The highest BCUT2D eigenvalue weighted by Crippen LogP contribution is 2.39. The second-order valence-electron chi connectivity index (χ2n) is 9.05. The van der Waals surface area contributed by atoms with Crippen molar-refractivity contribution >= 4 is 50.8 Å². The number of amides is 3. The average molecular weight is 611 g/mol. The van der Waals surface area contributed by atoms with E-state index in [0.29, 0.717) is 40.2 Å². The fourth-order valence-electron chi connectivity index (χ4n) is 4.48. The van der Waals surface area contributed by atoms with E-state index in [1.54, 1.807) is 35.2 Å². The van der Waals surface area contributed by atoms with E-state index in [0.717, 1.165) is 28.6 Å². The van der Waals surface area contributed by atoms with Gasteiger partial charge in [-0.25, -0.2) is 4.39 Å². The molecule has 2 aliphatic rings. The minimum atomic E-state index is -0.516. The zero-order valence-corrected chi connectivity index (χ0v) is 23.4. The van der Waals surface area contributed by atoms with E-state index in [4.69, 9.17) is 9.47 Å². The summed E-state index contributed by atoms with van der Waals surface area (Å²) in [5.41, 5.74) is 3.54. The topological polar surface area (TPSA) is 76.2 Å². The zero-order chi connectivity index (χ0) is 27.5. The van der Waals surface area contributed by atoms with E-state index in [-0.39, 0.29) is 29.8 Å². The quantitative estimate of drug-likeness (QED) is 0.315. The minimum Gasteiger partial charge on any atom is -0.493 e. The van der Waals surface area contributed by atoms with Crippen molar-refractivity contribution in [1.82, 2.24) is 9.80 Å². The number of imide groups is 1. The number of carbonyl (C=O) groups excluding carboxylic acids is 3. The summed E-state index contributed by atoms with van der Waals surface area (Å²) in [6.45, 7) is 0.831. The molecule has 3 aromatic rings. The van der Waals surface area contributed by atoms with Crippen molar-refractivity contribution < 1.29 is 28.2 Å². The Morgan fingerprint density at radius 2 is 1.90 bits per heavy atom. The van der Waals surface area contributed by atoms with Crippen molar-refractivity contribution in [2.24, 2.45) is 0 Å². The first-order valence-corrected chi connectivity index (χ1v) is 13.8. The number of nitrogens with zero attached hydrogens (tertiary/aromatic N) is 2. The summed E-state index contributed by atoms with van der Waals surface area (Å²) < 4.78 is 25.4. The van der Waals surface area contributed by atoms with Gasteiger partial charge in [0.15, 0.2) is 11.5 Å². The Bertz CT molecular complexity index is 1490. The SMILES string of the molecule is COc1cc(/C=C2/SC(=O)N(CC(=O)N3CCc4ccccc4C3)C2=O)cc(Br)c1OCc1cccc(F)c1. The van der Waals surface area contributed by atoms with E-state index in [2.05, 4.69) is 22.0 Å². The number of benzene rings is 3. The molecule has 7 nitrogen and oxygen atoms in total. The van der Waals surface area contributed by atoms with E-state index in [9.17, 15) is 18.8 Å². The van der Waals surface area contributed by atoms with Crippen LogP contribution in [0.1, 0.15) is 22.3 Å². The number of rotatable bonds is 7. The van der Waals surface area contributed by atoms with Gasteiger partial charge in [0.2, 0.25) is 5.91 Å². The standard InChI is InChI=1S/C29H24BrFN2O5S/c1-37-24-13-19(12-23(30)27(24)38-17-18-5-4-8-22(31)11-18)14-25-28(35)33(29(36)39-25)16-26(34)32-10-9-20-6-2-3-7-21(20)15-32/h2-8,11-14H,9-10,15-17H2,1H3/b25-14+. The Hall–Kier alpha value is -3.63. The maximum atomic E-state index is 13.5. The molecular formula is C29H24BrFN2O5S. The lowest BCUT2D eigenvalue weighted by Crippen LogP contribution is -2.44. The van der Waals surface area contributed by atoms with Crippen LogP contribution in [0.3, 0.4) is 0 Å². The monoisotopic (exact) mass is 610 g/mol. The number of fused-ring (bicyclic) bond motifs is 1. The molecule has 0 aromatic heterocycles. The second-order valence-corrected chi connectivity index (χ2v) is 10.9. The van der Waals surface area contributed by atoms with Crippen molar-refractivity contribution in [3.05, 3.63) is 98.1 Å². The predicted octanol–water partition coefficient (Wildman–Crippen LogP) is 5.80. The average Bonchev–Trinajstić information content (AvgIpc) is 3.19. The number of methoxy groups -OCH3 is 1. The third-order valence-electron chi connectivity index (χ3n) is 6.47. The van der Waals surface area contributed by atoms with Crippen molar-refractivity contribution in [3.8, 4) is 11.5 Å². The number of thioether (sulfide) groups is 1. The normalized spacial score (nSPS) is 16.0. The third-order valence-corrected chi connectivity index (χ3v) is 7.97. The molecule has 0 aliphatic carbocycles. The maximum absolute atomic E-state index is 13.5. The first-order valence-electron chi connectivity index (χ1n) is 12.2. The molecular weight excluding hydrogens is 587 g/mol. The Morgan fingerprint density at radius 1 is 1.10 bits per heavy atom. The minimum absolute atomic E-state index is 0.127. The van der Waals surface area contributed by atoms with Gasteiger partial charge in [-0.2, -0.15) is 0 Å². The first kappa shape index (κ1) is 27.0. The summed E-state index contributed by atoms with van der Waals surface area (Å²) in [4.78, 5) is 41.6. The highest BCUT2D eigenvalue weighted by Gasteiger charge is 2.37. The predicted molar refractivity (Wildman–Crippen MR) is 150 cm³/mol. The van der Waals surface area contributed by atoms with E-state index in [1.165, 1.54) is 24.8 Å². The zero-order valence-electron chi connectivity index (χ0n) is 21.0. The maximum Gasteiger partial charge on any atom is 0.294 e. The van der Waals surface area contributed by atoms with E-state index < -0.39 is 11.1 Å². The Labute approximate surface area is 237 Å². The van der Waals surface area contributed by atoms with Gasteiger partial charge in [0, 0.05) is 13.1 Å². The van der Waals surface area contributed by atoms with Crippen LogP contribution in [-0.2, 0) is 29.2 Å². The molecule has 1 fully saturated rings. The molecule has 0 atom stereocenters. The Kier molecular flexibility index (Phi) is 8.04. The molecule has 10 heteroatoms. The molecule has 0 spiro atoms. The lowest BCUT2D eigenvalue weighted by atomic mass is 10.00. The van der Waals surface area contributed by atoms with Gasteiger partial charge < -0.3 is 14.4 Å². The molecule has 39 heavy (non-hydrogen) atoms.